The number of amides is 1. The van der Waals surface area contributed by atoms with E-state index in [1.165, 1.54) is 0 Å². The largest absolute Gasteiger partial charge is 0.312 e. The summed E-state index contributed by atoms with van der Waals surface area (Å²) >= 11 is 3.38. The number of benzene rings is 1. The Morgan fingerprint density at radius 1 is 1.36 bits per heavy atom. The number of para-hydroxylation sites is 1. The molecule has 0 bridgehead atoms. The van der Waals surface area contributed by atoms with Crippen LogP contribution in [0, 0.1) is 0 Å². The number of halogens is 1. The molecule has 14 heavy (non-hydrogen) atoms. The molecular weight excluding hydrogens is 242 g/mol. The Kier molecular flexibility index (Phi) is 2.87. The fourth-order valence-corrected chi connectivity index (χ4v) is 2.03. The number of alkyl halides is 1. The van der Waals surface area contributed by atoms with E-state index in [0.29, 0.717) is 6.42 Å². The van der Waals surface area contributed by atoms with Crippen molar-refractivity contribution >= 4 is 27.5 Å². The van der Waals surface area contributed by atoms with Crippen LogP contribution in [0.3, 0.4) is 0 Å². The molecule has 2 rings (SSSR count). The van der Waals surface area contributed by atoms with Gasteiger partial charge in [-0.15, -0.1) is 0 Å². The second kappa shape index (κ2) is 4.13. The van der Waals surface area contributed by atoms with E-state index < -0.39 is 0 Å². The van der Waals surface area contributed by atoms with Gasteiger partial charge in [0, 0.05) is 17.6 Å². The van der Waals surface area contributed by atoms with Gasteiger partial charge in [-0.2, -0.15) is 0 Å². The smallest absolute Gasteiger partial charge is 0.231 e. The first-order valence-corrected chi connectivity index (χ1v) is 5.89. The predicted octanol–water partition coefficient (Wildman–Crippen LogP) is 2.36. The first-order valence-electron chi connectivity index (χ1n) is 4.77. The summed E-state index contributed by atoms with van der Waals surface area (Å²) in [5.74, 6) is 0.229. The molecule has 1 aromatic rings. The maximum absolute atomic E-state index is 11.6. The van der Waals surface area contributed by atoms with Crippen LogP contribution in [-0.2, 0) is 11.2 Å². The van der Waals surface area contributed by atoms with E-state index in [-0.39, 0.29) is 5.91 Å². The lowest BCUT2D eigenvalue weighted by Gasteiger charge is -2.16. The van der Waals surface area contributed by atoms with Gasteiger partial charge in [-0.05, 0) is 18.1 Å². The molecule has 1 aliphatic rings. The average Bonchev–Trinajstić information content (AvgIpc) is 2.51. The van der Waals surface area contributed by atoms with Crippen LogP contribution in [-0.4, -0.2) is 17.8 Å². The fourth-order valence-electron chi connectivity index (χ4n) is 1.78. The zero-order valence-corrected chi connectivity index (χ0v) is 9.46. The molecule has 0 spiro atoms. The molecule has 0 fully saturated rings. The third-order valence-corrected chi connectivity index (χ3v) is 3.00. The lowest BCUT2D eigenvalue weighted by atomic mass is 10.2. The summed E-state index contributed by atoms with van der Waals surface area (Å²) in [6.07, 6.45) is 1.57. The molecule has 0 unspecified atom stereocenters. The summed E-state index contributed by atoms with van der Waals surface area (Å²) in [6, 6.07) is 8.02. The number of rotatable bonds is 3. The van der Waals surface area contributed by atoms with Gasteiger partial charge in [0.05, 0.1) is 6.42 Å². The Hall–Kier alpha value is -0.830. The highest BCUT2D eigenvalue weighted by Crippen LogP contribution is 2.28. The summed E-state index contributed by atoms with van der Waals surface area (Å²) in [5.41, 5.74) is 2.26. The predicted molar refractivity (Wildman–Crippen MR) is 60.9 cm³/mol. The third kappa shape index (κ3) is 1.69. The van der Waals surface area contributed by atoms with Crippen molar-refractivity contribution in [2.45, 2.75) is 12.8 Å². The second-order valence-corrected chi connectivity index (χ2v) is 4.19. The summed E-state index contributed by atoms with van der Waals surface area (Å²) in [5, 5.41) is 0.943. The zero-order chi connectivity index (χ0) is 9.97. The van der Waals surface area contributed by atoms with Gasteiger partial charge in [0.1, 0.15) is 0 Å². The van der Waals surface area contributed by atoms with E-state index in [0.717, 1.165) is 29.5 Å². The summed E-state index contributed by atoms with van der Waals surface area (Å²) in [7, 11) is 0. The normalized spacial score (nSPS) is 14.6. The molecule has 1 aliphatic heterocycles. The van der Waals surface area contributed by atoms with E-state index in [1.807, 2.05) is 29.2 Å². The van der Waals surface area contributed by atoms with Gasteiger partial charge in [-0.1, -0.05) is 34.1 Å². The van der Waals surface area contributed by atoms with E-state index in [4.69, 9.17) is 0 Å². The van der Waals surface area contributed by atoms with E-state index >= 15 is 0 Å². The van der Waals surface area contributed by atoms with Crippen LogP contribution in [0.25, 0.3) is 0 Å². The Labute approximate surface area is 92.0 Å². The second-order valence-electron chi connectivity index (χ2n) is 3.39. The lowest BCUT2D eigenvalue weighted by Crippen LogP contribution is -2.27. The number of carbonyl (C=O) groups excluding carboxylic acids is 1. The summed E-state index contributed by atoms with van der Waals surface area (Å²) in [4.78, 5) is 13.5. The van der Waals surface area contributed by atoms with E-state index in [9.17, 15) is 4.79 Å². The van der Waals surface area contributed by atoms with E-state index in [2.05, 4.69) is 15.9 Å². The third-order valence-electron chi connectivity index (χ3n) is 2.44. The Morgan fingerprint density at radius 2 is 2.14 bits per heavy atom. The standard InChI is InChI=1S/C11H12BrNO/c12-6-3-7-13-10-5-2-1-4-9(10)8-11(13)14/h1-2,4-5H,3,6-8H2. The molecule has 0 saturated heterocycles. The molecule has 0 N–H and O–H groups in total. The van der Waals surface area contributed by atoms with Crippen molar-refractivity contribution in [3.05, 3.63) is 29.8 Å². The maximum Gasteiger partial charge on any atom is 0.231 e. The first-order chi connectivity index (χ1) is 6.83. The number of nitrogens with zero attached hydrogens (tertiary/aromatic N) is 1. The first kappa shape index (κ1) is 9.71. The van der Waals surface area contributed by atoms with Crippen molar-refractivity contribution in [2.24, 2.45) is 0 Å². The molecule has 3 heteroatoms. The fraction of sp³-hybridized carbons (Fsp3) is 0.364. The maximum atomic E-state index is 11.6. The number of fused-ring (bicyclic) bond motifs is 1. The van der Waals surface area contributed by atoms with Crippen LogP contribution in [0.2, 0.25) is 0 Å². The van der Waals surface area contributed by atoms with Crippen LogP contribution in [0.5, 0.6) is 0 Å². The van der Waals surface area contributed by atoms with Crippen LogP contribution in [0.1, 0.15) is 12.0 Å². The molecule has 1 heterocycles. The number of hydrogen-bond donors (Lipinski definition) is 0. The van der Waals surface area contributed by atoms with Crippen LogP contribution < -0.4 is 4.90 Å². The molecule has 2 nitrogen and oxygen atoms in total. The Balaban J connectivity index is 2.21. The number of hydrogen-bond acceptors (Lipinski definition) is 1. The van der Waals surface area contributed by atoms with Gasteiger partial charge in [0.15, 0.2) is 0 Å². The van der Waals surface area contributed by atoms with E-state index in [1.54, 1.807) is 0 Å². The molecule has 0 aliphatic carbocycles. The van der Waals surface area contributed by atoms with Gasteiger partial charge in [-0.3, -0.25) is 4.79 Å². The van der Waals surface area contributed by atoms with Crippen molar-refractivity contribution in [2.75, 3.05) is 16.8 Å². The minimum atomic E-state index is 0.229. The van der Waals surface area contributed by atoms with Crippen LogP contribution in [0.15, 0.2) is 24.3 Å². The molecular formula is C11H12BrNO. The summed E-state index contributed by atoms with van der Waals surface area (Å²) < 4.78 is 0. The molecule has 0 aromatic heterocycles. The minimum Gasteiger partial charge on any atom is -0.312 e. The topological polar surface area (TPSA) is 20.3 Å². The quantitative estimate of drug-likeness (QED) is 0.758. The van der Waals surface area contributed by atoms with Crippen molar-refractivity contribution in [1.82, 2.24) is 0 Å². The molecule has 0 radical (unpaired) electrons. The number of anilines is 1. The highest BCUT2D eigenvalue weighted by atomic mass is 79.9. The van der Waals surface area contributed by atoms with Crippen molar-refractivity contribution < 1.29 is 4.79 Å². The average molecular weight is 254 g/mol. The van der Waals surface area contributed by atoms with Gasteiger partial charge >= 0.3 is 0 Å². The molecule has 74 valence electrons. The molecule has 0 saturated carbocycles. The Morgan fingerprint density at radius 3 is 2.93 bits per heavy atom. The minimum absolute atomic E-state index is 0.229. The van der Waals surface area contributed by atoms with Crippen LogP contribution in [0.4, 0.5) is 5.69 Å². The van der Waals surface area contributed by atoms with Gasteiger partial charge in [0.25, 0.3) is 0 Å². The highest BCUT2D eigenvalue weighted by molar-refractivity contribution is 9.09. The number of carbonyl (C=O) groups is 1. The SMILES string of the molecule is O=C1Cc2ccccc2N1CCCBr. The van der Waals surface area contributed by atoms with Gasteiger partial charge in [-0.25, -0.2) is 0 Å². The zero-order valence-electron chi connectivity index (χ0n) is 7.87. The Bertz CT molecular complexity index is 351. The monoisotopic (exact) mass is 253 g/mol. The van der Waals surface area contributed by atoms with Crippen molar-refractivity contribution in [3.63, 3.8) is 0 Å². The lowest BCUT2D eigenvalue weighted by molar-refractivity contribution is -0.117. The van der Waals surface area contributed by atoms with Gasteiger partial charge < -0.3 is 4.90 Å². The summed E-state index contributed by atoms with van der Waals surface area (Å²) in [6.45, 7) is 0.821. The highest BCUT2D eigenvalue weighted by Gasteiger charge is 2.25. The van der Waals surface area contributed by atoms with Crippen molar-refractivity contribution in [3.8, 4) is 0 Å². The molecule has 0 atom stereocenters. The van der Waals surface area contributed by atoms with Gasteiger partial charge in [0.2, 0.25) is 5.91 Å². The van der Waals surface area contributed by atoms with Crippen molar-refractivity contribution in [1.29, 1.82) is 0 Å². The molecule has 1 aromatic carbocycles. The molecule has 1 amide bonds. The van der Waals surface area contributed by atoms with Crippen LogP contribution >= 0.6 is 15.9 Å².